The van der Waals surface area contributed by atoms with E-state index in [1.807, 2.05) is 0 Å². The minimum Gasteiger partial charge on any atom is -0.314 e. The van der Waals surface area contributed by atoms with E-state index in [0.717, 1.165) is 11.5 Å². The first-order valence-corrected chi connectivity index (χ1v) is 30.1. The molecule has 1 nitrogen and oxygen atoms in total. The minimum absolute atomic E-state index is 0.144. The molecule has 0 amide bonds. The molecule has 4 aliphatic carbocycles. The van der Waals surface area contributed by atoms with Gasteiger partial charge < -0.3 is 4.57 Å². The van der Waals surface area contributed by atoms with E-state index < -0.39 is 8.24 Å². The number of unbranched alkanes of at least 4 members (excludes halogenated alkanes) is 18. The van der Waals surface area contributed by atoms with Crippen molar-refractivity contribution < 1.29 is 0 Å². The molecule has 1 aromatic rings. The monoisotopic (exact) mass is 854 g/mol. The zero-order chi connectivity index (χ0) is 44.9. The summed E-state index contributed by atoms with van der Waals surface area (Å²) < 4.78 is 3.04. The van der Waals surface area contributed by atoms with Crippen LogP contribution in [0.3, 0.4) is 0 Å². The molecule has 1 fully saturated rings. The van der Waals surface area contributed by atoms with Crippen LogP contribution in [0.15, 0.2) is 29.9 Å². The van der Waals surface area contributed by atoms with Crippen molar-refractivity contribution in [1.29, 1.82) is 0 Å². The lowest BCUT2D eigenvalue weighted by atomic mass is 9.61. The van der Waals surface area contributed by atoms with Gasteiger partial charge in [-0.05, 0) is 141 Å². The van der Waals surface area contributed by atoms with Crippen molar-refractivity contribution >= 4 is 13.8 Å². The minimum atomic E-state index is -1.91. The van der Waals surface area contributed by atoms with Crippen molar-refractivity contribution in [3.8, 4) is 0 Å². The smallest absolute Gasteiger partial charge is 0.127 e. The largest absolute Gasteiger partial charge is 0.314 e. The number of nitrogens with zero attached hydrogens (tertiary/aromatic N) is 1. The molecular formula is C59H103NSi. The SMILES string of the molecule is CCCCCCCCCCCCC1(CCCCCCCCCCCC)C2=CC3CC(C)C([Si](C)(C)N(C(C)(C)C)C(C)(C)C)C3C=C2c2cc3c(cc21)C(C)(C)CCC3(C)C. The Kier molecular flexibility index (Phi) is 17.5. The highest BCUT2D eigenvalue weighted by atomic mass is 28.3. The van der Waals surface area contributed by atoms with Gasteiger partial charge in [-0.3, -0.25) is 0 Å². The Morgan fingerprint density at radius 3 is 1.41 bits per heavy atom. The van der Waals surface area contributed by atoms with Gasteiger partial charge in [0.15, 0.2) is 0 Å². The average molecular weight is 855 g/mol. The quantitative estimate of drug-likeness (QED) is 0.0740. The molecule has 0 spiro atoms. The van der Waals surface area contributed by atoms with E-state index in [1.54, 1.807) is 33.4 Å². The van der Waals surface area contributed by atoms with Gasteiger partial charge in [-0.2, -0.15) is 0 Å². The van der Waals surface area contributed by atoms with Gasteiger partial charge in [0.1, 0.15) is 8.24 Å². The summed E-state index contributed by atoms with van der Waals surface area (Å²) in [6.07, 6.45) is 40.9. The van der Waals surface area contributed by atoms with E-state index in [-0.39, 0.29) is 27.3 Å². The van der Waals surface area contributed by atoms with Crippen molar-refractivity contribution in [2.75, 3.05) is 0 Å². The van der Waals surface area contributed by atoms with E-state index in [1.165, 1.54) is 161 Å². The van der Waals surface area contributed by atoms with E-state index in [4.69, 9.17) is 0 Å². The first kappa shape index (κ1) is 50.9. The third-order valence-corrected chi connectivity index (χ3v) is 22.2. The predicted octanol–water partition coefficient (Wildman–Crippen LogP) is 19.0. The summed E-state index contributed by atoms with van der Waals surface area (Å²) in [5.41, 5.74) is 11.9. The molecule has 5 rings (SSSR count). The van der Waals surface area contributed by atoms with Crippen molar-refractivity contribution in [2.45, 2.75) is 296 Å². The maximum absolute atomic E-state index is 3.04. The summed E-state index contributed by atoms with van der Waals surface area (Å²) in [6.45, 7) is 38.1. The van der Waals surface area contributed by atoms with E-state index in [2.05, 4.69) is 132 Å². The summed E-state index contributed by atoms with van der Waals surface area (Å²) in [4.78, 5) is 0. The van der Waals surface area contributed by atoms with E-state index >= 15 is 0 Å². The number of hydrogen-bond acceptors (Lipinski definition) is 1. The predicted molar refractivity (Wildman–Crippen MR) is 276 cm³/mol. The fraction of sp³-hybridized carbons (Fsp3) is 0.831. The van der Waals surface area contributed by atoms with Crippen LogP contribution in [0.5, 0.6) is 0 Å². The second-order valence-corrected chi connectivity index (χ2v) is 30.0. The molecule has 1 aromatic carbocycles. The van der Waals surface area contributed by atoms with Crippen molar-refractivity contribution in [3.63, 3.8) is 0 Å². The first-order chi connectivity index (χ1) is 28.6. The summed E-state index contributed by atoms with van der Waals surface area (Å²) in [6, 6.07) is 5.69. The highest BCUT2D eigenvalue weighted by molar-refractivity contribution is 6.76. The lowest BCUT2D eigenvalue weighted by Gasteiger charge is -2.57. The van der Waals surface area contributed by atoms with Crippen LogP contribution in [-0.4, -0.2) is 23.9 Å². The molecule has 0 heterocycles. The van der Waals surface area contributed by atoms with Crippen LogP contribution in [-0.2, 0) is 16.2 Å². The maximum atomic E-state index is 3.04. The summed E-state index contributed by atoms with van der Waals surface area (Å²) in [5, 5.41) is 0. The fourth-order valence-electron chi connectivity index (χ4n) is 14.9. The Labute approximate surface area is 383 Å². The molecule has 0 bridgehead atoms. The van der Waals surface area contributed by atoms with Crippen LogP contribution in [0.1, 0.15) is 273 Å². The highest BCUT2D eigenvalue weighted by Crippen LogP contribution is 2.64. The second kappa shape index (κ2) is 21.0. The van der Waals surface area contributed by atoms with Crippen LogP contribution >= 0.6 is 0 Å². The van der Waals surface area contributed by atoms with Gasteiger partial charge in [-0.1, -0.05) is 214 Å². The Bertz CT molecular complexity index is 1570. The maximum Gasteiger partial charge on any atom is 0.127 e. The lowest BCUT2D eigenvalue weighted by Crippen LogP contribution is -2.67. The number of allylic oxidation sites excluding steroid dienone is 4. The Hall–Kier alpha value is -1.12. The number of rotatable bonds is 24. The van der Waals surface area contributed by atoms with Crippen LogP contribution < -0.4 is 0 Å². The van der Waals surface area contributed by atoms with Gasteiger partial charge in [-0.25, -0.2) is 0 Å². The van der Waals surface area contributed by atoms with Gasteiger partial charge in [0.25, 0.3) is 0 Å². The topological polar surface area (TPSA) is 3.24 Å². The first-order valence-electron chi connectivity index (χ1n) is 27.1. The van der Waals surface area contributed by atoms with Crippen LogP contribution in [0.25, 0.3) is 5.57 Å². The summed E-state index contributed by atoms with van der Waals surface area (Å²) >= 11 is 0. The van der Waals surface area contributed by atoms with Crippen molar-refractivity contribution in [2.24, 2.45) is 17.8 Å². The third kappa shape index (κ3) is 11.6. The Morgan fingerprint density at radius 2 is 0.984 bits per heavy atom. The molecule has 0 saturated heterocycles. The lowest BCUT2D eigenvalue weighted by molar-refractivity contribution is 0.121. The standard InChI is InChI=1S/C59H103NSi/c1-16-18-20-22-24-26-28-30-32-34-36-59(37-35-33-31-29-27-25-23-21-19-17-2)50-41-46-40-45(3)54(61(14,15)60(55(4,5)6)56(7,8)9)47(46)42-48(50)49-43-52-53(44-51(49)59)58(12,13)39-38-57(52,10)11/h41-47,54H,16-40H2,1-15H3. The molecule has 4 atom stereocenters. The molecule has 4 unspecified atom stereocenters. The van der Waals surface area contributed by atoms with Gasteiger partial charge >= 0.3 is 0 Å². The normalized spacial score (nSPS) is 24.0. The van der Waals surface area contributed by atoms with E-state index in [9.17, 15) is 0 Å². The van der Waals surface area contributed by atoms with Gasteiger partial charge in [-0.15, -0.1) is 0 Å². The molecule has 2 heteroatoms. The summed E-state index contributed by atoms with van der Waals surface area (Å²) in [7, 11) is -1.91. The van der Waals surface area contributed by atoms with E-state index in [0.29, 0.717) is 11.8 Å². The molecule has 0 N–H and O–H groups in total. The van der Waals surface area contributed by atoms with Crippen LogP contribution in [0, 0.1) is 17.8 Å². The zero-order valence-electron chi connectivity index (χ0n) is 43.7. The zero-order valence-corrected chi connectivity index (χ0v) is 44.7. The van der Waals surface area contributed by atoms with Gasteiger partial charge in [0.2, 0.25) is 0 Å². The molecule has 0 aliphatic heterocycles. The molecule has 0 radical (unpaired) electrons. The van der Waals surface area contributed by atoms with Gasteiger partial charge in [0, 0.05) is 16.5 Å². The molecule has 348 valence electrons. The second-order valence-electron chi connectivity index (χ2n) is 25.6. The van der Waals surface area contributed by atoms with Crippen molar-refractivity contribution in [3.05, 3.63) is 52.1 Å². The fourth-order valence-corrected chi connectivity index (χ4v) is 21.5. The molecule has 4 aliphatic rings. The molecular weight excluding hydrogens is 751 g/mol. The highest BCUT2D eigenvalue weighted by Gasteiger charge is 2.57. The average Bonchev–Trinajstić information content (AvgIpc) is 3.62. The molecule has 61 heavy (non-hydrogen) atoms. The molecule has 0 aromatic heterocycles. The number of fused-ring (bicyclic) bond motifs is 5. The van der Waals surface area contributed by atoms with Crippen LogP contribution in [0.4, 0.5) is 0 Å². The number of hydrogen-bond donors (Lipinski definition) is 0. The summed E-state index contributed by atoms with van der Waals surface area (Å²) in [5.74, 6) is 2.06. The Balaban J connectivity index is 1.53. The third-order valence-electron chi connectivity index (χ3n) is 17.2. The van der Waals surface area contributed by atoms with Crippen LogP contribution in [0.2, 0.25) is 18.6 Å². The van der Waals surface area contributed by atoms with Crippen molar-refractivity contribution in [1.82, 2.24) is 4.57 Å². The number of benzene rings is 1. The molecule has 1 saturated carbocycles. The van der Waals surface area contributed by atoms with Gasteiger partial charge in [0.05, 0.1) is 0 Å². The Morgan fingerprint density at radius 1 is 0.574 bits per heavy atom.